The maximum absolute atomic E-state index is 5.84. The van der Waals surface area contributed by atoms with E-state index in [1.165, 1.54) is 51.7 Å². The van der Waals surface area contributed by atoms with Crippen molar-refractivity contribution < 1.29 is 0 Å². The predicted molar refractivity (Wildman–Crippen MR) is 73.0 cm³/mol. The summed E-state index contributed by atoms with van der Waals surface area (Å²) in [5, 5.41) is 3.81. The van der Waals surface area contributed by atoms with Gasteiger partial charge in [0, 0.05) is 12.6 Å². The standard InChI is InChI=1S/C14H29N3/c1-14(6-8-17(2)9-7-14)11-16-13-5-3-4-12(13)10-15/h12-13,16H,3-11,15H2,1-2H3. The number of hydrogen-bond acceptors (Lipinski definition) is 3. The Morgan fingerprint density at radius 1 is 1.29 bits per heavy atom. The van der Waals surface area contributed by atoms with E-state index in [0.29, 0.717) is 11.5 Å². The smallest absolute Gasteiger partial charge is 0.0108 e. The van der Waals surface area contributed by atoms with Crippen molar-refractivity contribution in [2.75, 3.05) is 33.2 Å². The van der Waals surface area contributed by atoms with Gasteiger partial charge in [-0.15, -0.1) is 0 Å². The highest BCUT2D eigenvalue weighted by atomic mass is 15.1. The Kier molecular flexibility index (Phi) is 4.45. The van der Waals surface area contributed by atoms with E-state index in [2.05, 4.69) is 24.2 Å². The fourth-order valence-electron chi connectivity index (χ4n) is 3.30. The van der Waals surface area contributed by atoms with Crippen molar-refractivity contribution in [2.24, 2.45) is 17.1 Å². The number of nitrogens with two attached hydrogens (primary N) is 1. The van der Waals surface area contributed by atoms with Crippen LogP contribution in [0.5, 0.6) is 0 Å². The number of rotatable bonds is 4. The number of likely N-dealkylation sites (tertiary alicyclic amines) is 1. The SMILES string of the molecule is CN1CCC(C)(CNC2CCCC2CN)CC1. The third-order valence-corrected chi connectivity index (χ3v) is 4.95. The quantitative estimate of drug-likeness (QED) is 0.780. The first-order valence-corrected chi connectivity index (χ1v) is 7.25. The van der Waals surface area contributed by atoms with Crippen molar-refractivity contribution in [3.8, 4) is 0 Å². The molecular formula is C14H29N3. The summed E-state index contributed by atoms with van der Waals surface area (Å²) in [5.74, 6) is 0.727. The summed E-state index contributed by atoms with van der Waals surface area (Å²) < 4.78 is 0. The van der Waals surface area contributed by atoms with Crippen molar-refractivity contribution in [2.45, 2.75) is 45.1 Å². The molecular weight excluding hydrogens is 210 g/mol. The van der Waals surface area contributed by atoms with Gasteiger partial charge in [-0.25, -0.2) is 0 Å². The fourth-order valence-corrected chi connectivity index (χ4v) is 3.30. The van der Waals surface area contributed by atoms with Crippen LogP contribution in [-0.4, -0.2) is 44.2 Å². The van der Waals surface area contributed by atoms with Crippen LogP contribution in [-0.2, 0) is 0 Å². The van der Waals surface area contributed by atoms with Gasteiger partial charge in [-0.1, -0.05) is 13.3 Å². The molecule has 2 unspecified atom stereocenters. The average molecular weight is 239 g/mol. The van der Waals surface area contributed by atoms with Gasteiger partial charge in [0.15, 0.2) is 0 Å². The molecule has 3 nitrogen and oxygen atoms in total. The largest absolute Gasteiger partial charge is 0.330 e. The van der Waals surface area contributed by atoms with Gasteiger partial charge in [0.2, 0.25) is 0 Å². The topological polar surface area (TPSA) is 41.3 Å². The summed E-state index contributed by atoms with van der Waals surface area (Å²) >= 11 is 0. The van der Waals surface area contributed by atoms with Crippen molar-refractivity contribution in [1.29, 1.82) is 0 Å². The third-order valence-electron chi connectivity index (χ3n) is 4.95. The number of piperidine rings is 1. The van der Waals surface area contributed by atoms with Crippen molar-refractivity contribution in [3.63, 3.8) is 0 Å². The molecule has 100 valence electrons. The van der Waals surface area contributed by atoms with Crippen LogP contribution >= 0.6 is 0 Å². The summed E-state index contributed by atoms with van der Waals surface area (Å²) in [4.78, 5) is 2.44. The van der Waals surface area contributed by atoms with Gasteiger partial charge < -0.3 is 16.0 Å². The predicted octanol–water partition coefficient (Wildman–Crippen LogP) is 1.44. The van der Waals surface area contributed by atoms with E-state index < -0.39 is 0 Å². The second-order valence-corrected chi connectivity index (χ2v) is 6.53. The second kappa shape index (κ2) is 5.68. The molecule has 1 aliphatic carbocycles. The zero-order chi connectivity index (χ0) is 12.3. The molecule has 2 rings (SSSR count). The highest BCUT2D eigenvalue weighted by Gasteiger charge is 2.31. The monoisotopic (exact) mass is 239 g/mol. The van der Waals surface area contributed by atoms with Gasteiger partial charge in [0.25, 0.3) is 0 Å². The van der Waals surface area contributed by atoms with Crippen molar-refractivity contribution in [1.82, 2.24) is 10.2 Å². The minimum atomic E-state index is 0.508. The summed E-state index contributed by atoms with van der Waals surface area (Å²) in [6.07, 6.45) is 6.68. The number of hydrogen-bond donors (Lipinski definition) is 2. The third kappa shape index (κ3) is 3.43. The van der Waals surface area contributed by atoms with Crippen LogP contribution in [0, 0.1) is 11.3 Å². The molecule has 3 N–H and O–H groups in total. The Morgan fingerprint density at radius 2 is 2.00 bits per heavy atom. The molecule has 1 saturated carbocycles. The zero-order valence-electron chi connectivity index (χ0n) is 11.5. The molecule has 0 amide bonds. The van der Waals surface area contributed by atoms with Gasteiger partial charge in [-0.05, 0) is 63.7 Å². The fraction of sp³-hybridized carbons (Fsp3) is 1.00. The Hall–Kier alpha value is -0.120. The molecule has 3 heteroatoms. The van der Waals surface area contributed by atoms with Crippen LogP contribution in [0.1, 0.15) is 39.0 Å². The van der Waals surface area contributed by atoms with Crippen molar-refractivity contribution in [3.05, 3.63) is 0 Å². The summed E-state index contributed by atoms with van der Waals surface area (Å²) in [5.41, 5.74) is 6.35. The summed E-state index contributed by atoms with van der Waals surface area (Å²) in [7, 11) is 2.23. The average Bonchev–Trinajstić information content (AvgIpc) is 2.78. The lowest BCUT2D eigenvalue weighted by Gasteiger charge is -2.39. The Labute approximate surface area is 106 Å². The van der Waals surface area contributed by atoms with Gasteiger partial charge in [-0.3, -0.25) is 0 Å². The molecule has 0 aromatic carbocycles. The maximum Gasteiger partial charge on any atom is 0.0108 e. The van der Waals surface area contributed by atoms with Gasteiger partial charge in [-0.2, -0.15) is 0 Å². The molecule has 0 radical (unpaired) electrons. The molecule has 17 heavy (non-hydrogen) atoms. The van der Waals surface area contributed by atoms with Crippen LogP contribution in [0.3, 0.4) is 0 Å². The molecule has 0 bridgehead atoms. The molecule has 1 saturated heterocycles. The first kappa shape index (κ1) is 13.3. The van der Waals surface area contributed by atoms with Crippen LogP contribution in [0.4, 0.5) is 0 Å². The van der Waals surface area contributed by atoms with Gasteiger partial charge in [0.05, 0.1) is 0 Å². The Bertz CT molecular complexity index is 234. The Morgan fingerprint density at radius 3 is 2.65 bits per heavy atom. The molecule has 0 aromatic rings. The summed E-state index contributed by atoms with van der Waals surface area (Å²) in [6.45, 7) is 6.99. The first-order chi connectivity index (χ1) is 8.13. The van der Waals surface area contributed by atoms with E-state index in [0.717, 1.165) is 12.5 Å². The first-order valence-electron chi connectivity index (χ1n) is 7.25. The minimum absolute atomic E-state index is 0.508. The lowest BCUT2D eigenvalue weighted by molar-refractivity contribution is 0.131. The molecule has 1 heterocycles. The molecule has 2 atom stereocenters. The summed E-state index contributed by atoms with van der Waals surface area (Å²) in [6, 6.07) is 0.691. The molecule has 2 fully saturated rings. The van der Waals surface area contributed by atoms with E-state index in [9.17, 15) is 0 Å². The van der Waals surface area contributed by atoms with E-state index >= 15 is 0 Å². The highest BCUT2D eigenvalue weighted by molar-refractivity contribution is 4.88. The Balaban J connectivity index is 1.77. The molecule has 0 spiro atoms. The van der Waals surface area contributed by atoms with Gasteiger partial charge >= 0.3 is 0 Å². The van der Waals surface area contributed by atoms with E-state index in [1.54, 1.807) is 0 Å². The lowest BCUT2D eigenvalue weighted by atomic mass is 9.80. The minimum Gasteiger partial charge on any atom is -0.330 e. The van der Waals surface area contributed by atoms with Crippen LogP contribution in [0.25, 0.3) is 0 Å². The highest BCUT2D eigenvalue weighted by Crippen LogP contribution is 2.31. The molecule has 0 aromatic heterocycles. The second-order valence-electron chi connectivity index (χ2n) is 6.53. The normalized spacial score (nSPS) is 34.1. The van der Waals surface area contributed by atoms with Gasteiger partial charge in [0.1, 0.15) is 0 Å². The van der Waals surface area contributed by atoms with Crippen LogP contribution in [0.15, 0.2) is 0 Å². The van der Waals surface area contributed by atoms with Crippen molar-refractivity contribution >= 4 is 0 Å². The van der Waals surface area contributed by atoms with E-state index in [4.69, 9.17) is 5.73 Å². The number of nitrogens with zero attached hydrogens (tertiary/aromatic N) is 1. The molecule has 1 aliphatic heterocycles. The van der Waals surface area contributed by atoms with E-state index in [-0.39, 0.29) is 0 Å². The zero-order valence-corrected chi connectivity index (χ0v) is 11.5. The van der Waals surface area contributed by atoms with Crippen LogP contribution in [0.2, 0.25) is 0 Å². The van der Waals surface area contributed by atoms with E-state index in [1.807, 2.05) is 0 Å². The van der Waals surface area contributed by atoms with Crippen LogP contribution < -0.4 is 11.1 Å². The molecule has 2 aliphatic rings. The number of nitrogens with one attached hydrogen (secondary N) is 1. The lowest BCUT2D eigenvalue weighted by Crippen LogP contribution is -2.46. The maximum atomic E-state index is 5.84.